The summed E-state index contributed by atoms with van der Waals surface area (Å²) in [5.41, 5.74) is 31.9. The Kier molecular flexibility index (Phi) is 14.0. The van der Waals surface area contributed by atoms with E-state index in [1.54, 1.807) is 0 Å². The molecule has 0 N–H and O–H groups in total. The van der Waals surface area contributed by atoms with Gasteiger partial charge in [0.2, 0.25) is 0 Å². The summed E-state index contributed by atoms with van der Waals surface area (Å²) in [4.78, 5) is 5.31. The van der Waals surface area contributed by atoms with Gasteiger partial charge in [-0.15, -0.1) is 0 Å². The van der Waals surface area contributed by atoms with Crippen molar-refractivity contribution in [3.63, 3.8) is 0 Å². The van der Waals surface area contributed by atoms with Gasteiger partial charge in [0.1, 0.15) is 0 Å². The minimum Gasteiger partial charge on any atom is -0.310 e. The zero-order valence-corrected chi connectivity index (χ0v) is 56.1. The van der Waals surface area contributed by atoms with Crippen molar-refractivity contribution in [3.8, 4) is 95.3 Å². The molecule has 0 radical (unpaired) electrons. The Morgan fingerprint density at radius 2 is 0.534 bits per heavy atom. The molecule has 0 aliphatic carbocycles. The van der Waals surface area contributed by atoms with Gasteiger partial charge >= 0.3 is 0 Å². The highest BCUT2D eigenvalue weighted by molar-refractivity contribution is 7.00. The highest BCUT2D eigenvalue weighted by Crippen LogP contribution is 2.56. The first-order chi connectivity index (χ1) is 51.1. The van der Waals surface area contributed by atoms with Crippen molar-refractivity contribution in [1.82, 2.24) is 9.13 Å². The SMILES string of the molecule is N#Cc1ccccc1-c1cc(-c2ccccc2)c(N2c3cc(-n4c5ccccc5c5ccccc54)ccc3B3c4ccc(-n5c6ccccc6c6ccccc65)cc4N(c4c(-c5ccccc5)cc(-c5ccccc5)cc4-c4ccccc4)c4cc(-c5ccccc5)cc2c43)c(-c2ccccc2)c1. The monoisotopic (exact) mass is 1310 g/mol. The molecule has 0 atom stereocenters. The van der Waals surface area contributed by atoms with Crippen molar-refractivity contribution in [3.05, 3.63) is 382 Å². The summed E-state index contributed by atoms with van der Waals surface area (Å²) < 4.78 is 4.94. The fraction of sp³-hybridized carbons (Fsp3) is 0. The molecule has 4 heterocycles. The number of nitriles is 1. The molecule has 18 aromatic rings. The summed E-state index contributed by atoms with van der Waals surface area (Å²) in [5, 5.41) is 15.8. The van der Waals surface area contributed by atoms with Crippen molar-refractivity contribution >= 4 is 101 Å². The lowest BCUT2D eigenvalue weighted by Crippen LogP contribution is -2.61. The van der Waals surface area contributed by atoms with Crippen molar-refractivity contribution in [2.24, 2.45) is 0 Å². The van der Waals surface area contributed by atoms with Gasteiger partial charge in [0, 0.05) is 77.9 Å². The summed E-state index contributed by atoms with van der Waals surface area (Å²) in [5.74, 6) is 0. The minimum absolute atomic E-state index is 0.308. The van der Waals surface area contributed by atoms with Crippen LogP contribution in [0, 0.1) is 11.3 Å². The molecular formula is C97H62BN5. The summed E-state index contributed by atoms with van der Waals surface area (Å²) >= 11 is 0. The van der Waals surface area contributed by atoms with Crippen molar-refractivity contribution < 1.29 is 0 Å². The van der Waals surface area contributed by atoms with Crippen molar-refractivity contribution in [2.45, 2.75) is 0 Å². The summed E-state index contributed by atoms with van der Waals surface area (Å²) in [6.07, 6.45) is 0. The summed E-state index contributed by atoms with van der Waals surface area (Å²) in [6, 6.07) is 141. The minimum atomic E-state index is -0.308. The molecule has 5 nitrogen and oxygen atoms in total. The van der Waals surface area contributed by atoms with Crippen LogP contribution in [0.25, 0.3) is 133 Å². The number of hydrogen-bond donors (Lipinski definition) is 0. The average Bonchev–Trinajstić information content (AvgIpc) is 1.14. The molecule has 2 aliphatic rings. The number of anilines is 6. The zero-order valence-electron chi connectivity index (χ0n) is 56.1. The maximum atomic E-state index is 11.0. The van der Waals surface area contributed by atoms with Crippen LogP contribution in [-0.4, -0.2) is 15.8 Å². The number of aromatic nitrogens is 2. The first kappa shape index (κ1) is 59.3. The fourth-order valence-electron chi connectivity index (χ4n) is 16.8. The van der Waals surface area contributed by atoms with E-state index in [0.29, 0.717) is 5.56 Å². The Labute approximate surface area is 598 Å². The Morgan fingerprint density at radius 1 is 0.233 bits per heavy atom. The van der Waals surface area contributed by atoms with E-state index in [1.165, 1.54) is 37.9 Å². The highest BCUT2D eigenvalue weighted by atomic mass is 15.2. The quantitative estimate of drug-likeness (QED) is 0.121. The number of hydrogen-bond acceptors (Lipinski definition) is 3. The van der Waals surface area contributed by atoms with Crippen LogP contribution in [0.15, 0.2) is 376 Å². The van der Waals surface area contributed by atoms with Gasteiger partial charge in [-0.3, -0.25) is 0 Å². The first-order valence-corrected chi connectivity index (χ1v) is 35.3. The van der Waals surface area contributed by atoms with E-state index in [-0.39, 0.29) is 6.71 Å². The molecule has 0 amide bonds. The molecule has 0 saturated carbocycles. The van der Waals surface area contributed by atoms with Crippen LogP contribution in [0.3, 0.4) is 0 Å². The second-order valence-corrected chi connectivity index (χ2v) is 27.0. The van der Waals surface area contributed by atoms with Crippen LogP contribution in [0.1, 0.15) is 5.56 Å². The lowest BCUT2D eigenvalue weighted by Gasteiger charge is -2.46. The highest BCUT2D eigenvalue weighted by Gasteiger charge is 2.46. The number of fused-ring (bicyclic) bond motifs is 10. The molecule has 2 aliphatic heterocycles. The van der Waals surface area contributed by atoms with Crippen LogP contribution in [0.5, 0.6) is 0 Å². The van der Waals surface area contributed by atoms with Crippen molar-refractivity contribution in [1.29, 1.82) is 5.26 Å². The Balaban J connectivity index is 0.981. The Hall–Kier alpha value is -13.7. The van der Waals surface area contributed by atoms with Gasteiger partial charge in [0.15, 0.2) is 0 Å². The van der Waals surface area contributed by atoms with Gasteiger partial charge in [0.05, 0.1) is 45.1 Å². The van der Waals surface area contributed by atoms with Crippen LogP contribution < -0.4 is 26.2 Å². The molecule has 103 heavy (non-hydrogen) atoms. The summed E-state index contributed by atoms with van der Waals surface area (Å²) in [7, 11) is 0. The third-order valence-corrected chi connectivity index (χ3v) is 21.3. The molecule has 2 aromatic heterocycles. The van der Waals surface area contributed by atoms with E-state index in [2.05, 4.69) is 383 Å². The standard InChI is InChI=1S/C97H62BN5/c99-63-70-41-19-20-42-76(70)73-57-83(68-37-15-5-16-38-68)97(84(58-73)69-39-17-6-18-40-69)103-92-62-75(101-89-49-27-23-45-79(89)80-46-24-28-50-90(80)101)52-54-86(92)98-85-53-51-74(100-87-47-25-21-43-77(87)78-44-22-26-48-88(78)100)61-91(85)102(93-59-72(60-94(103)95(93)98)65-31-9-2-10-32-65)96-81(66-33-11-3-12-34-66)55-71(64-29-7-1-8-30-64)56-82(96)67-35-13-4-14-36-67/h1-62H. The molecule has 0 unspecified atom stereocenters. The number of nitrogens with zero attached hydrogens (tertiary/aromatic N) is 5. The van der Waals surface area contributed by atoms with E-state index in [9.17, 15) is 5.26 Å². The van der Waals surface area contributed by atoms with Crippen molar-refractivity contribution in [2.75, 3.05) is 9.80 Å². The first-order valence-electron chi connectivity index (χ1n) is 35.3. The average molecular weight is 1310 g/mol. The second kappa shape index (κ2) is 24.3. The normalized spacial score (nSPS) is 12.2. The van der Waals surface area contributed by atoms with Crippen LogP contribution >= 0.6 is 0 Å². The van der Waals surface area contributed by atoms with Gasteiger partial charge < -0.3 is 18.9 Å². The molecule has 0 bridgehead atoms. The fourth-order valence-corrected chi connectivity index (χ4v) is 16.8. The van der Waals surface area contributed by atoms with Crippen LogP contribution in [0.2, 0.25) is 0 Å². The maximum absolute atomic E-state index is 11.0. The lowest BCUT2D eigenvalue weighted by molar-refractivity contribution is 1.17. The van der Waals surface area contributed by atoms with Gasteiger partial charge in [-0.25, -0.2) is 0 Å². The topological polar surface area (TPSA) is 40.1 Å². The molecule has 6 heteroatoms. The number of para-hydroxylation sites is 4. The van der Waals surface area contributed by atoms with E-state index < -0.39 is 0 Å². The second-order valence-electron chi connectivity index (χ2n) is 27.0. The third-order valence-electron chi connectivity index (χ3n) is 21.3. The molecule has 16 aromatic carbocycles. The molecule has 0 saturated heterocycles. The predicted octanol–water partition coefficient (Wildman–Crippen LogP) is 23.5. The molecular weight excluding hydrogens is 1250 g/mol. The third kappa shape index (κ3) is 9.63. The van der Waals surface area contributed by atoms with E-state index in [1.807, 2.05) is 18.2 Å². The van der Waals surface area contributed by atoms with Gasteiger partial charge in [-0.05, 0) is 163 Å². The molecule has 20 rings (SSSR count). The largest absolute Gasteiger partial charge is 0.310 e. The van der Waals surface area contributed by atoms with Gasteiger partial charge in [0.25, 0.3) is 6.71 Å². The van der Waals surface area contributed by atoms with Gasteiger partial charge in [-0.1, -0.05) is 285 Å². The van der Waals surface area contributed by atoms with E-state index in [4.69, 9.17) is 0 Å². The van der Waals surface area contributed by atoms with E-state index in [0.717, 1.165) is 145 Å². The Morgan fingerprint density at radius 3 is 0.893 bits per heavy atom. The molecule has 478 valence electrons. The maximum Gasteiger partial charge on any atom is 0.252 e. The van der Waals surface area contributed by atoms with Crippen LogP contribution in [-0.2, 0) is 0 Å². The number of benzene rings is 16. The predicted molar refractivity (Wildman–Crippen MR) is 432 cm³/mol. The smallest absolute Gasteiger partial charge is 0.252 e. The number of rotatable bonds is 11. The molecule has 0 fully saturated rings. The van der Waals surface area contributed by atoms with Crippen LogP contribution in [0.4, 0.5) is 34.1 Å². The lowest BCUT2D eigenvalue weighted by atomic mass is 9.33. The van der Waals surface area contributed by atoms with E-state index >= 15 is 0 Å². The zero-order chi connectivity index (χ0) is 68.1. The Bertz CT molecular complexity index is 6210. The van der Waals surface area contributed by atoms with Gasteiger partial charge in [-0.2, -0.15) is 5.26 Å². The molecule has 0 spiro atoms. The summed E-state index contributed by atoms with van der Waals surface area (Å²) in [6.45, 7) is -0.308.